The van der Waals surface area contributed by atoms with Crippen LogP contribution in [0.5, 0.6) is 0 Å². The van der Waals surface area contributed by atoms with E-state index in [1.54, 1.807) is 0 Å². The number of hydrogen-bond donors (Lipinski definition) is 0. The summed E-state index contributed by atoms with van der Waals surface area (Å²) in [6, 6.07) is 66.9. The van der Waals surface area contributed by atoms with Crippen molar-refractivity contribution in [3.63, 3.8) is 0 Å². The summed E-state index contributed by atoms with van der Waals surface area (Å²) in [4.78, 5) is 31.5. The molecule has 0 atom stereocenters. The van der Waals surface area contributed by atoms with Crippen LogP contribution in [0.25, 0.3) is 83.1 Å². The number of carbonyl (C=O) groups excluding carboxylic acids is 2. The number of anilines is 1. The lowest BCUT2D eigenvalue weighted by Gasteiger charge is -2.26. The van der Waals surface area contributed by atoms with Crippen molar-refractivity contribution in [3.05, 3.63) is 228 Å². The summed E-state index contributed by atoms with van der Waals surface area (Å²) >= 11 is 0. The molecule has 0 bridgehead atoms. The third-order valence-electron chi connectivity index (χ3n) is 12.5. The molecule has 0 fully saturated rings. The molecule has 4 nitrogen and oxygen atoms in total. The van der Waals surface area contributed by atoms with Crippen molar-refractivity contribution in [2.75, 3.05) is 4.90 Å². The molecule has 0 aliphatic rings. The Morgan fingerprint density at radius 2 is 0.846 bits per heavy atom. The molecule has 0 saturated carbocycles. The fourth-order valence-corrected chi connectivity index (χ4v) is 9.89. The molecule has 4 heteroatoms. The van der Waals surface area contributed by atoms with Crippen molar-refractivity contribution in [1.82, 2.24) is 4.57 Å². The second-order valence-electron chi connectivity index (χ2n) is 17.3. The molecule has 0 saturated heterocycles. The highest BCUT2D eigenvalue weighted by molar-refractivity contribution is 6.23. The molecule has 0 unspecified atom stereocenters. The number of amides is 2. The number of nitrogens with zero attached hydrogens (tertiary/aromatic N) is 2. The minimum atomic E-state index is -0.419. The number of imide groups is 1. The molecule has 314 valence electrons. The van der Waals surface area contributed by atoms with Gasteiger partial charge in [0, 0.05) is 33.0 Å². The summed E-state index contributed by atoms with van der Waals surface area (Å²) in [6.45, 7) is 10.5. The minimum Gasteiger partial charge on any atom is -0.307 e. The van der Waals surface area contributed by atoms with E-state index >= 15 is 4.79 Å². The van der Waals surface area contributed by atoms with Gasteiger partial charge in [-0.25, -0.2) is 4.90 Å². The average molecular weight is 841 g/mol. The predicted octanol–water partition coefficient (Wildman–Crippen LogP) is 15.5. The summed E-state index contributed by atoms with van der Waals surface area (Å²) < 4.78 is 2.29. The third-order valence-corrected chi connectivity index (χ3v) is 12.5. The average Bonchev–Trinajstić information content (AvgIpc) is 3.66. The molecule has 65 heavy (non-hydrogen) atoms. The summed E-state index contributed by atoms with van der Waals surface area (Å²) in [5.74, 6) is -0.419. The predicted molar refractivity (Wildman–Crippen MR) is 271 cm³/mol. The van der Waals surface area contributed by atoms with Gasteiger partial charge in [-0.1, -0.05) is 198 Å². The Morgan fingerprint density at radius 1 is 0.415 bits per heavy atom. The smallest absolute Gasteiger partial charge is 0.267 e. The van der Waals surface area contributed by atoms with Gasteiger partial charge in [0.2, 0.25) is 6.41 Å². The summed E-state index contributed by atoms with van der Waals surface area (Å²) in [5.41, 5.74) is 18.7. The molecule has 0 aliphatic heterocycles. The van der Waals surface area contributed by atoms with E-state index < -0.39 is 5.91 Å². The van der Waals surface area contributed by atoms with Gasteiger partial charge in [0.25, 0.3) is 5.91 Å². The molecule has 1 heterocycles. The van der Waals surface area contributed by atoms with Crippen LogP contribution in [0.2, 0.25) is 0 Å². The van der Waals surface area contributed by atoms with Crippen molar-refractivity contribution >= 4 is 39.8 Å². The molecule has 10 aromatic rings. The third kappa shape index (κ3) is 7.43. The molecule has 9 aromatic carbocycles. The first-order valence-electron chi connectivity index (χ1n) is 22.1. The summed E-state index contributed by atoms with van der Waals surface area (Å²) in [5, 5.41) is 2.15. The van der Waals surface area contributed by atoms with Crippen LogP contribution >= 0.6 is 0 Å². The van der Waals surface area contributed by atoms with Crippen LogP contribution < -0.4 is 4.90 Å². The number of rotatable bonds is 9. The van der Waals surface area contributed by atoms with Crippen LogP contribution in [-0.2, 0) is 4.79 Å². The first kappa shape index (κ1) is 41.0. The fraction of sp³-hybridized carbons (Fsp3) is 0.0820. The highest BCUT2D eigenvalue weighted by Crippen LogP contribution is 2.46. The standard InChI is InChI=1S/C61H48N2O2/c1-39-30-40(2)33-48(32-39)50-25-16-27-52-53-28-17-26-51(49-34-41(3)31-42(4)35-49)60(53)63(59(50)52)56-29-15-18-43(5)57(56)61(65)62(38-64)58-54(45-21-11-7-12-22-45)36-47(44-19-9-6-10-20-44)37-55(58)46-23-13-8-14-24-46/h6-38H,1-5H3. The van der Waals surface area contributed by atoms with Crippen molar-refractivity contribution in [2.45, 2.75) is 34.6 Å². The normalized spacial score (nSPS) is 11.3. The fourth-order valence-electron chi connectivity index (χ4n) is 9.89. The Balaban J connectivity index is 1.30. The lowest BCUT2D eigenvalue weighted by Crippen LogP contribution is -2.32. The molecule has 1 aromatic heterocycles. The topological polar surface area (TPSA) is 42.3 Å². The lowest BCUT2D eigenvalue weighted by molar-refractivity contribution is -0.106. The minimum absolute atomic E-state index is 0.419. The molecule has 0 N–H and O–H groups in total. The van der Waals surface area contributed by atoms with E-state index in [-0.39, 0.29) is 0 Å². The Morgan fingerprint density at radius 3 is 1.29 bits per heavy atom. The number of para-hydroxylation sites is 2. The Bertz CT molecular complexity index is 3250. The highest BCUT2D eigenvalue weighted by atomic mass is 16.2. The zero-order valence-corrected chi connectivity index (χ0v) is 37.3. The summed E-state index contributed by atoms with van der Waals surface area (Å²) in [6.07, 6.45) is 0.697. The van der Waals surface area contributed by atoms with Gasteiger partial charge in [0.1, 0.15) is 0 Å². The van der Waals surface area contributed by atoms with Gasteiger partial charge >= 0.3 is 0 Å². The second-order valence-corrected chi connectivity index (χ2v) is 17.3. The van der Waals surface area contributed by atoms with Gasteiger partial charge in [-0.2, -0.15) is 0 Å². The number of benzene rings is 9. The largest absolute Gasteiger partial charge is 0.307 e. The molecule has 2 amide bonds. The van der Waals surface area contributed by atoms with Crippen molar-refractivity contribution < 1.29 is 9.59 Å². The number of fused-ring (bicyclic) bond motifs is 3. The molecular formula is C61H48N2O2. The molecule has 0 spiro atoms. The number of aryl methyl sites for hydroxylation is 5. The SMILES string of the molecule is Cc1cc(C)cc(-c2cccc3c4cccc(-c5cc(C)cc(C)c5)c4n(-c4cccc(C)c4C(=O)N(C=O)c4c(-c5ccccc5)cc(-c5ccccc5)cc4-c4ccccc4)c23)c1. The Hall–Kier alpha value is -8.08. The van der Waals surface area contributed by atoms with Gasteiger partial charge < -0.3 is 4.57 Å². The van der Waals surface area contributed by atoms with E-state index in [9.17, 15) is 4.79 Å². The first-order chi connectivity index (χ1) is 31.7. The van der Waals surface area contributed by atoms with Crippen LogP contribution in [0.4, 0.5) is 5.69 Å². The summed E-state index contributed by atoms with van der Waals surface area (Å²) in [7, 11) is 0. The zero-order valence-electron chi connectivity index (χ0n) is 37.3. The first-order valence-corrected chi connectivity index (χ1v) is 22.1. The van der Waals surface area contributed by atoms with Gasteiger partial charge in [-0.3, -0.25) is 9.59 Å². The molecule has 0 radical (unpaired) electrons. The maximum absolute atomic E-state index is 16.1. The quantitative estimate of drug-likeness (QED) is 0.136. The van der Waals surface area contributed by atoms with E-state index in [2.05, 4.69) is 129 Å². The maximum Gasteiger partial charge on any atom is 0.267 e. The highest BCUT2D eigenvalue weighted by Gasteiger charge is 2.30. The molecular weight excluding hydrogens is 793 g/mol. The van der Waals surface area contributed by atoms with Crippen molar-refractivity contribution in [2.24, 2.45) is 0 Å². The van der Waals surface area contributed by atoms with Crippen LogP contribution in [0, 0.1) is 34.6 Å². The van der Waals surface area contributed by atoms with E-state index in [0.717, 1.165) is 83.0 Å². The van der Waals surface area contributed by atoms with E-state index in [0.29, 0.717) is 23.3 Å². The number of carbonyl (C=O) groups is 2. The monoisotopic (exact) mass is 840 g/mol. The van der Waals surface area contributed by atoms with Crippen molar-refractivity contribution in [3.8, 4) is 61.3 Å². The van der Waals surface area contributed by atoms with Crippen molar-refractivity contribution in [1.29, 1.82) is 0 Å². The van der Waals surface area contributed by atoms with Crippen LogP contribution in [-0.4, -0.2) is 16.9 Å². The number of aromatic nitrogens is 1. The molecule has 10 rings (SSSR count). The van der Waals surface area contributed by atoms with Crippen LogP contribution in [0.3, 0.4) is 0 Å². The lowest BCUT2D eigenvalue weighted by atomic mass is 9.90. The maximum atomic E-state index is 16.1. The van der Waals surface area contributed by atoms with Crippen LogP contribution in [0.15, 0.2) is 194 Å². The van der Waals surface area contributed by atoms with Gasteiger partial charge in [-0.15, -0.1) is 0 Å². The van der Waals surface area contributed by atoms with E-state index in [1.807, 2.05) is 104 Å². The number of hydrogen-bond acceptors (Lipinski definition) is 2. The Kier molecular flexibility index (Phi) is 10.6. The Labute approximate surface area is 380 Å². The van der Waals surface area contributed by atoms with Gasteiger partial charge in [-0.05, 0) is 91.8 Å². The van der Waals surface area contributed by atoms with Crippen LogP contribution in [0.1, 0.15) is 38.2 Å². The van der Waals surface area contributed by atoms with Gasteiger partial charge in [0.15, 0.2) is 0 Å². The van der Waals surface area contributed by atoms with E-state index in [4.69, 9.17) is 0 Å². The zero-order chi connectivity index (χ0) is 44.8. The molecule has 0 aliphatic carbocycles. The second kappa shape index (κ2) is 16.9. The van der Waals surface area contributed by atoms with E-state index in [1.165, 1.54) is 27.2 Å². The van der Waals surface area contributed by atoms with Gasteiger partial charge in [0.05, 0.1) is 28.0 Å².